The first-order valence-corrected chi connectivity index (χ1v) is 9.16. The van der Waals surface area contributed by atoms with Crippen molar-refractivity contribution >= 4 is 10.8 Å². The molecule has 0 aliphatic rings. The van der Waals surface area contributed by atoms with Gasteiger partial charge in [0.05, 0.1) is 0 Å². The first-order chi connectivity index (χ1) is 9.52. The van der Waals surface area contributed by atoms with Crippen molar-refractivity contribution in [2.45, 2.75) is 46.6 Å². The minimum absolute atomic E-state index is 0.212. The molecule has 0 saturated heterocycles. The molecule has 1 aromatic rings. The molecule has 0 radical (unpaired) electrons. The van der Waals surface area contributed by atoms with Crippen molar-refractivity contribution in [2.24, 2.45) is 5.92 Å². The summed E-state index contributed by atoms with van der Waals surface area (Å²) in [5.41, 5.74) is 2.52. The summed E-state index contributed by atoms with van der Waals surface area (Å²) in [5, 5.41) is 3.53. The van der Waals surface area contributed by atoms with Crippen LogP contribution >= 0.6 is 0 Å². The second-order valence-corrected chi connectivity index (χ2v) is 7.53. The highest BCUT2D eigenvalue weighted by molar-refractivity contribution is 7.85. The summed E-state index contributed by atoms with van der Waals surface area (Å²) >= 11 is 0. The largest absolute Gasteiger partial charge is 0.309 e. The van der Waals surface area contributed by atoms with Crippen LogP contribution in [0.4, 0.5) is 0 Å². The molecular weight excluding hydrogens is 266 g/mol. The topological polar surface area (TPSA) is 29.1 Å². The van der Waals surface area contributed by atoms with Crippen molar-refractivity contribution in [2.75, 3.05) is 18.1 Å². The summed E-state index contributed by atoms with van der Waals surface area (Å²) in [4.78, 5) is 0. The summed E-state index contributed by atoms with van der Waals surface area (Å²) < 4.78 is 12.2. The lowest BCUT2D eigenvalue weighted by atomic mass is 10.1. The van der Waals surface area contributed by atoms with Gasteiger partial charge in [-0.05, 0) is 37.8 Å². The van der Waals surface area contributed by atoms with Crippen LogP contribution in [0.3, 0.4) is 0 Å². The Balaban J connectivity index is 2.64. The lowest BCUT2D eigenvalue weighted by Gasteiger charge is -2.19. The second kappa shape index (κ2) is 9.30. The molecule has 0 aromatic heterocycles. The molecule has 0 heterocycles. The van der Waals surface area contributed by atoms with Crippen molar-refractivity contribution < 1.29 is 4.21 Å². The van der Waals surface area contributed by atoms with E-state index in [1.165, 1.54) is 11.1 Å². The molecule has 2 unspecified atom stereocenters. The second-order valence-electron chi connectivity index (χ2n) is 5.91. The van der Waals surface area contributed by atoms with Crippen molar-refractivity contribution in [3.8, 4) is 0 Å². The number of hydrogen-bond donors (Lipinski definition) is 1. The van der Waals surface area contributed by atoms with Crippen LogP contribution in [0.5, 0.6) is 0 Å². The average Bonchev–Trinajstić information content (AvgIpc) is 2.42. The van der Waals surface area contributed by atoms with Crippen LogP contribution in [0.2, 0.25) is 0 Å². The molecule has 2 atom stereocenters. The zero-order chi connectivity index (χ0) is 15.0. The quantitative estimate of drug-likeness (QED) is 0.750. The third-order valence-corrected chi connectivity index (χ3v) is 4.79. The normalized spacial score (nSPS) is 14.4. The van der Waals surface area contributed by atoms with Gasteiger partial charge in [-0.1, -0.05) is 50.6 Å². The highest BCUT2D eigenvalue weighted by atomic mass is 32.2. The maximum atomic E-state index is 12.2. The van der Waals surface area contributed by atoms with E-state index in [0.29, 0.717) is 5.92 Å². The third-order valence-electron chi connectivity index (χ3n) is 3.40. The summed E-state index contributed by atoms with van der Waals surface area (Å²) in [7, 11) is -0.742. The molecule has 20 heavy (non-hydrogen) atoms. The lowest BCUT2D eigenvalue weighted by molar-refractivity contribution is 0.566. The number of aryl methyl sites for hydroxylation is 1. The molecule has 0 amide bonds. The minimum Gasteiger partial charge on any atom is -0.309 e. The Bertz CT molecular complexity index is 400. The first-order valence-electron chi connectivity index (χ1n) is 7.67. The maximum Gasteiger partial charge on any atom is 0.0436 e. The van der Waals surface area contributed by atoms with E-state index in [0.717, 1.165) is 30.9 Å². The van der Waals surface area contributed by atoms with Gasteiger partial charge >= 0.3 is 0 Å². The van der Waals surface area contributed by atoms with Gasteiger partial charge in [0.1, 0.15) is 0 Å². The van der Waals surface area contributed by atoms with E-state index < -0.39 is 10.8 Å². The van der Waals surface area contributed by atoms with Crippen LogP contribution in [0.25, 0.3) is 0 Å². The Morgan fingerprint density at radius 3 is 2.40 bits per heavy atom. The molecule has 0 bridgehead atoms. The van der Waals surface area contributed by atoms with Crippen LogP contribution in [0.1, 0.15) is 50.8 Å². The van der Waals surface area contributed by atoms with Crippen molar-refractivity contribution in [1.29, 1.82) is 0 Å². The average molecular weight is 295 g/mol. The smallest absolute Gasteiger partial charge is 0.0436 e. The number of nitrogens with one attached hydrogen (secondary N) is 1. The number of hydrogen-bond acceptors (Lipinski definition) is 2. The highest BCUT2D eigenvalue weighted by Gasteiger charge is 2.14. The fraction of sp³-hybridized carbons (Fsp3) is 0.647. The van der Waals surface area contributed by atoms with Crippen LogP contribution in [0.15, 0.2) is 24.3 Å². The standard InChI is InChI=1S/C17H29NOS/c1-5-11-18-17(13-20(19)12-10-14(2)3)16-8-6-15(4)7-9-16/h6-9,14,17-18H,5,10-13H2,1-4H3. The van der Waals surface area contributed by atoms with Gasteiger partial charge in [0.25, 0.3) is 0 Å². The molecule has 1 N–H and O–H groups in total. The van der Waals surface area contributed by atoms with E-state index in [-0.39, 0.29) is 6.04 Å². The number of benzene rings is 1. The van der Waals surface area contributed by atoms with Gasteiger partial charge in [-0.15, -0.1) is 0 Å². The Morgan fingerprint density at radius 2 is 1.85 bits per heavy atom. The van der Waals surface area contributed by atoms with Gasteiger partial charge < -0.3 is 5.32 Å². The van der Waals surface area contributed by atoms with E-state index in [2.05, 4.69) is 57.3 Å². The van der Waals surface area contributed by atoms with Gasteiger partial charge in [-0.3, -0.25) is 4.21 Å². The van der Waals surface area contributed by atoms with Gasteiger partial charge in [0.15, 0.2) is 0 Å². The Morgan fingerprint density at radius 1 is 1.20 bits per heavy atom. The van der Waals surface area contributed by atoms with E-state index in [1.807, 2.05) is 0 Å². The van der Waals surface area contributed by atoms with Crippen LogP contribution in [-0.2, 0) is 10.8 Å². The molecule has 3 heteroatoms. The molecule has 1 aromatic carbocycles. The Kier molecular flexibility index (Phi) is 8.08. The molecule has 0 saturated carbocycles. The molecule has 0 fully saturated rings. The molecule has 0 spiro atoms. The Hall–Kier alpha value is -0.670. The monoisotopic (exact) mass is 295 g/mol. The molecule has 114 valence electrons. The van der Waals surface area contributed by atoms with E-state index in [9.17, 15) is 4.21 Å². The lowest BCUT2D eigenvalue weighted by Crippen LogP contribution is -2.27. The zero-order valence-electron chi connectivity index (χ0n) is 13.3. The molecule has 0 aliphatic heterocycles. The van der Waals surface area contributed by atoms with Gasteiger partial charge in [-0.25, -0.2) is 0 Å². The Labute approximate surface area is 126 Å². The molecule has 1 rings (SSSR count). The van der Waals surface area contributed by atoms with E-state index >= 15 is 0 Å². The van der Waals surface area contributed by atoms with Gasteiger partial charge in [-0.2, -0.15) is 0 Å². The SMILES string of the molecule is CCCNC(CS(=O)CCC(C)C)c1ccc(C)cc1. The predicted molar refractivity (Wildman–Crippen MR) is 89.5 cm³/mol. The van der Waals surface area contributed by atoms with E-state index in [4.69, 9.17) is 0 Å². The summed E-state index contributed by atoms with van der Waals surface area (Å²) in [6.07, 6.45) is 2.14. The zero-order valence-corrected chi connectivity index (χ0v) is 14.1. The van der Waals surface area contributed by atoms with Crippen LogP contribution in [-0.4, -0.2) is 22.3 Å². The molecular formula is C17H29NOS. The van der Waals surface area contributed by atoms with Crippen molar-refractivity contribution in [3.05, 3.63) is 35.4 Å². The van der Waals surface area contributed by atoms with Gasteiger partial charge in [0, 0.05) is 28.3 Å². The highest BCUT2D eigenvalue weighted by Crippen LogP contribution is 2.16. The fourth-order valence-electron chi connectivity index (χ4n) is 2.03. The van der Waals surface area contributed by atoms with Crippen molar-refractivity contribution in [1.82, 2.24) is 5.32 Å². The predicted octanol–water partition coefficient (Wildman–Crippen LogP) is 3.83. The minimum atomic E-state index is -0.742. The molecule has 2 nitrogen and oxygen atoms in total. The van der Waals surface area contributed by atoms with Crippen molar-refractivity contribution in [3.63, 3.8) is 0 Å². The summed E-state index contributed by atoms with van der Waals surface area (Å²) in [6, 6.07) is 8.79. The fourth-order valence-corrected chi connectivity index (χ4v) is 3.61. The van der Waals surface area contributed by atoms with Gasteiger partial charge in [0.2, 0.25) is 0 Å². The third kappa shape index (κ3) is 6.67. The summed E-state index contributed by atoms with van der Waals surface area (Å²) in [5.74, 6) is 2.16. The van der Waals surface area contributed by atoms with E-state index in [1.54, 1.807) is 0 Å². The maximum absolute atomic E-state index is 12.2. The van der Waals surface area contributed by atoms with Crippen LogP contribution in [0, 0.1) is 12.8 Å². The first kappa shape index (κ1) is 17.4. The number of rotatable bonds is 9. The molecule has 0 aliphatic carbocycles. The van der Waals surface area contributed by atoms with Crippen LogP contribution < -0.4 is 5.32 Å². The summed E-state index contributed by atoms with van der Waals surface area (Å²) in [6.45, 7) is 9.60.